The van der Waals surface area contributed by atoms with Crippen molar-refractivity contribution in [3.63, 3.8) is 0 Å². The number of nitrogens with zero attached hydrogens (tertiary/aromatic N) is 4. The van der Waals surface area contributed by atoms with E-state index in [1.54, 1.807) is 6.07 Å². The molecule has 1 saturated heterocycles. The highest BCUT2D eigenvalue weighted by molar-refractivity contribution is 5.97. The van der Waals surface area contributed by atoms with E-state index in [1.807, 2.05) is 65.9 Å². The Morgan fingerprint density at radius 3 is 2.64 bits per heavy atom. The summed E-state index contributed by atoms with van der Waals surface area (Å²) in [5.74, 6) is 0.543. The fraction of sp³-hybridized carbons (Fsp3) is 0.400. The number of ether oxygens (including phenoxy) is 1. The number of carbonyl (C=O) groups is 2. The van der Waals surface area contributed by atoms with Gasteiger partial charge in [-0.25, -0.2) is 4.98 Å². The van der Waals surface area contributed by atoms with Crippen LogP contribution in [0, 0.1) is 6.92 Å². The van der Waals surface area contributed by atoms with Crippen LogP contribution in [0.15, 0.2) is 48.8 Å². The first kappa shape index (κ1) is 22.8. The molecular weight excluding hydrogens is 418 g/mol. The minimum atomic E-state index is -0.0495. The van der Waals surface area contributed by atoms with Crippen LogP contribution in [0.3, 0.4) is 0 Å². The van der Waals surface area contributed by atoms with E-state index in [0.717, 1.165) is 23.3 Å². The van der Waals surface area contributed by atoms with Gasteiger partial charge in [-0.1, -0.05) is 25.1 Å². The zero-order valence-corrected chi connectivity index (χ0v) is 19.3. The van der Waals surface area contributed by atoms with Gasteiger partial charge in [0.1, 0.15) is 18.0 Å². The fourth-order valence-corrected chi connectivity index (χ4v) is 4.00. The Bertz CT molecular complexity index is 1120. The van der Waals surface area contributed by atoms with Gasteiger partial charge in [0, 0.05) is 45.1 Å². The van der Waals surface area contributed by atoms with E-state index in [4.69, 9.17) is 4.74 Å². The van der Waals surface area contributed by atoms with Crippen molar-refractivity contribution in [1.82, 2.24) is 24.5 Å². The van der Waals surface area contributed by atoms with Crippen molar-refractivity contribution in [2.45, 2.75) is 26.9 Å². The van der Waals surface area contributed by atoms with Gasteiger partial charge >= 0.3 is 0 Å². The van der Waals surface area contributed by atoms with Gasteiger partial charge in [0.25, 0.3) is 5.91 Å². The molecule has 4 rings (SSSR count). The summed E-state index contributed by atoms with van der Waals surface area (Å²) in [5.41, 5.74) is 3.36. The van der Waals surface area contributed by atoms with E-state index in [9.17, 15) is 9.59 Å². The van der Waals surface area contributed by atoms with Crippen LogP contribution in [0.5, 0.6) is 5.75 Å². The van der Waals surface area contributed by atoms with Crippen molar-refractivity contribution in [2.75, 3.05) is 39.3 Å². The second kappa shape index (κ2) is 10.5. The quantitative estimate of drug-likeness (QED) is 0.572. The summed E-state index contributed by atoms with van der Waals surface area (Å²) in [7, 11) is 0. The molecule has 1 aliphatic rings. The Morgan fingerprint density at radius 2 is 1.88 bits per heavy atom. The topological polar surface area (TPSA) is 79.2 Å². The van der Waals surface area contributed by atoms with Gasteiger partial charge in [0.05, 0.1) is 17.8 Å². The van der Waals surface area contributed by atoms with Crippen molar-refractivity contribution in [3.8, 4) is 5.75 Å². The molecule has 2 amide bonds. The number of aryl methyl sites for hydroxylation is 1. The van der Waals surface area contributed by atoms with E-state index in [1.165, 1.54) is 0 Å². The number of rotatable bonds is 8. The number of pyridine rings is 1. The summed E-state index contributed by atoms with van der Waals surface area (Å²) in [6.07, 6.45) is 4.83. The smallest absolute Gasteiger partial charge is 0.257 e. The van der Waals surface area contributed by atoms with Crippen LogP contribution in [0.4, 0.5) is 0 Å². The Balaban J connectivity index is 1.36. The normalized spacial score (nSPS) is 14.4. The monoisotopic (exact) mass is 449 g/mol. The second-order valence-corrected chi connectivity index (χ2v) is 8.36. The molecule has 1 aromatic carbocycles. The summed E-state index contributed by atoms with van der Waals surface area (Å²) in [4.78, 5) is 33.7. The summed E-state index contributed by atoms with van der Waals surface area (Å²) in [6, 6.07) is 11.4. The van der Waals surface area contributed by atoms with Crippen molar-refractivity contribution in [3.05, 3.63) is 65.6 Å². The molecule has 0 unspecified atom stereocenters. The Labute approximate surface area is 194 Å². The maximum Gasteiger partial charge on any atom is 0.257 e. The molecule has 0 bridgehead atoms. The minimum Gasteiger partial charge on any atom is -0.486 e. The lowest BCUT2D eigenvalue weighted by Gasteiger charge is -2.34. The Hall–Kier alpha value is -3.39. The first-order chi connectivity index (χ1) is 16.0. The molecule has 1 fully saturated rings. The van der Waals surface area contributed by atoms with Gasteiger partial charge in [-0.3, -0.25) is 14.5 Å². The molecule has 0 radical (unpaired) electrons. The van der Waals surface area contributed by atoms with Crippen LogP contribution in [0.2, 0.25) is 0 Å². The Kier molecular flexibility index (Phi) is 7.24. The highest BCUT2D eigenvalue weighted by atomic mass is 16.5. The van der Waals surface area contributed by atoms with Gasteiger partial charge in [0.2, 0.25) is 5.91 Å². The van der Waals surface area contributed by atoms with Crippen molar-refractivity contribution in [2.24, 2.45) is 0 Å². The molecule has 3 heterocycles. The highest BCUT2D eigenvalue weighted by Gasteiger charge is 2.25. The van der Waals surface area contributed by atoms with Crippen molar-refractivity contribution >= 4 is 17.5 Å². The molecule has 33 heavy (non-hydrogen) atoms. The van der Waals surface area contributed by atoms with E-state index in [-0.39, 0.29) is 18.4 Å². The van der Waals surface area contributed by atoms with Crippen molar-refractivity contribution < 1.29 is 14.3 Å². The third-order valence-corrected chi connectivity index (χ3v) is 5.82. The number of amides is 2. The number of nitrogens with one attached hydrogen (secondary N) is 1. The number of para-hydroxylation sites is 1. The SMILES string of the molecule is CCCNC(=O)CN1CCN(C(=O)c2ccccc2OCc2cn3cccc(C)c3n2)CC1. The lowest BCUT2D eigenvalue weighted by molar-refractivity contribution is -0.122. The molecule has 1 aliphatic heterocycles. The number of aromatic nitrogens is 2. The minimum absolute atomic E-state index is 0.0394. The summed E-state index contributed by atoms with van der Waals surface area (Å²) in [6.45, 7) is 7.93. The first-order valence-electron chi connectivity index (χ1n) is 11.5. The van der Waals surface area contributed by atoms with E-state index < -0.39 is 0 Å². The number of carbonyl (C=O) groups excluding carboxylic acids is 2. The molecule has 1 N–H and O–H groups in total. The van der Waals surface area contributed by atoms with Gasteiger partial charge in [-0.05, 0) is 37.1 Å². The maximum atomic E-state index is 13.2. The van der Waals surface area contributed by atoms with Crippen molar-refractivity contribution in [1.29, 1.82) is 0 Å². The van der Waals surface area contributed by atoms with Crippen LogP contribution in [-0.2, 0) is 11.4 Å². The van der Waals surface area contributed by atoms with Gasteiger partial charge in [-0.15, -0.1) is 0 Å². The zero-order chi connectivity index (χ0) is 23.2. The summed E-state index contributed by atoms with van der Waals surface area (Å²) in [5, 5.41) is 2.90. The van der Waals surface area contributed by atoms with Crippen LogP contribution < -0.4 is 10.1 Å². The van der Waals surface area contributed by atoms with E-state index in [2.05, 4.69) is 15.2 Å². The third kappa shape index (κ3) is 5.51. The number of fused-ring (bicyclic) bond motifs is 1. The largest absolute Gasteiger partial charge is 0.486 e. The fourth-order valence-electron chi connectivity index (χ4n) is 4.00. The average molecular weight is 450 g/mol. The predicted octanol–water partition coefficient (Wildman–Crippen LogP) is 2.51. The number of benzene rings is 1. The molecular formula is C25H31N5O3. The van der Waals surface area contributed by atoms with Gasteiger partial charge < -0.3 is 19.4 Å². The second-order valence-electron chi connectivity index (χ2n) is 8.36. The Morgan fingerprint density at radius 1 is 1.09 bits per heavy atom. The van der Waals surface area contributed by atoms with Gasteiger partial charge in [-0.2, -0.15) is 0 Å². The third-order valence-electron chi connectivity index (χ3n) is 5.82. The molecule has 0 atom stereocenters. The first-order valence-corrected chi connectivity index (χ1v) is 11.5. The molecule has 8 nitrogen and oxygen atoms in total. The summed E-state index contributed by atoms with van der Waals surface area (Å²) >= 11 is 0. The highest BCUT2D eigenvalue weighted by Crippen LogP contribution is 2.22. The maximum absolute atomic E-state index is 13.2. The molecule has 3 aromatic rings. The lowest BCUT2D eigenvalue weighted by atomic mass is 10.1. The molecule has 2 aromatic heterocycles. The molecule has 174 valence electrons. The number of hydrogen-bond donors (Lipinski definition) is 1. The van der Waals surface area contributed by atoms with Crippen LogP contribution >= 0.6 is 0 Å². The van der Waals surface area contributed by atoms with Crippen LogP contribution in [0.25, 0.3) is 5.65 Å². The van der Waals surface area contributed by atoms with Crippen LogP contribution in [0.1, 0.15) is 35.0 Å². The summed E-state index contributed by atoms with van der Waals surface area (Å²) < 4.78 is 8.01. The predicted molar refractivity (Wildman–Crippen MR) is 126 cm³/mol. The van der Waals surface area contributed by atoms with Crippen LogP contribution in [-0.4, -0.2) is 70.3 Å². The number of piperazine rings is 1. The lowest BCUT2D eigenvalue weighted by Crippen LogP contribution is -2.51. The molecule has 0 aliphatic carbocycles. The molecule has 8 heteroatoms. The number of imidazole rings is 1. The van der Waals surface area contributed by atoms with E-state index in [0.29, 0.717) is 50.6 Å². The van der Waals surface area contributed by atoms with E-state index >= 15 is 0 Å². The van der Waals surface area contributed by atoms with Gasteiger partial charge in [0.15, 0.2) is 0 Å². The molecule has 0 saturated carbocycles. The standard InChI is InChI=1S/C25H31N5O3/c1-3-10-26-23(31)17-28-12-14-29(15-13-28)25(32)21-8-4-5-9-22(21)33-18-20-16-30-11-6-7-19(2)24(30)27-20/h4-9,11,16H,3,10,12-15,17-18H2,1-2H3,(H,26,31). The molecule has 0 spiro atoms. The average Bonchev–Trinajstić information content (AvgIpc) is 3.26. The number of hydrogen-bond acceptors (Lipinski definition) is 5. The zero-order valence-electron chi connectivity index (χ0n) is 19.3.